The predicted octanol–water partition coefficient (Wildman–Crippen LogP) is 3.33. The summed E-state index contributed by atoms with van der Waals surface area (Å²) in [4.78, 5) is 16.1. The molecule has 2 rings (SSSR count). The minimum atomic E-state index is 0.0311. The molecule has 0 amide bonds. The number of aromatic nitrogens is 1. The van der Waals surface area contributed by atoms with Gasteiger partial charge in [-0.2, -0.15) is 0 Å². The lowest BCUT2D eigenvalue weighted by Gasteiger charge is -2.13. The Balaban J connectivity index is 1.94. The topological polar surface area (TPSA) is 30.0 Å². The maximum Gasteiger partial charge on any atom is 0.140 e. The van der Waals surface area contributed by atoms with Crippen LogP contribution in [-0.4, -0.2) is 10.8 Å². The lowest BCUT2D eigenvalue weighted by molar-refractivity contribution is -0.121. The van der Waals surface area contributed by atoms with E-state index in [1.54, 1.807) is 12.4 Å². The third-order valence-electron chi connectivity index (χ3n) is 3.65. The summed E-state index contributed by atoms with van der Waals surface area (Å²) >= 11 is 0. The Morgan fingerprint density at radius 3 is 2.62 bits per heavy atom. The normalized spacial score (nSPS) is 18.6. The summed E-state index contributed by atoms with van der Waals surface area (Å²) in [5, 5.41) is 0. The maximum atomic E-state index is 12.1. The first-order valence-electron chi connectivity index (χ1n) is 6.20. The van der Waals surface area contributed by atoms with Crippen LogP contribution in [0.25, 0.3) is 0 Å². The molecule has 1 atom stereocenters. The fourth-order valence-electron chi connectivity index (χ4n) is 2.51. The highest BCUT2D eigenvalue weighted by atomic mass is 16.1. The van der Waals surface area contributed by atoms with Gasteiger partial charge in [0.2, 0.25) is 0 Å². The van der Waals surface area contributed by atoms with Gasteiger partial charge in [-0.1, -0.05) is 32.6 Å². The van der Waals surface area contributed by atoms with Gasteiger partial charge in [-0.05, 0) is 23.6 Å². The van der Waals surface area contributed by atoms with Gasteiger partial charge in [0.15, 0.2) is 0 Å². The van der Waals surface area contributed by atoms with Crippen LogP contribution in [0.1, 0.15) is 50.5 Å². The van der Waals surface area contributed by atoms with E-state index in [2.05, 4.69) is 4.98 Å². The van der Waals surface area contributed by atoms with E-state index in [0.717, 1.165) is 12.0 Å². The summed E-state index contributed by atoms with van der Waals surface area (Å²) in [6.45, 7) is 2.01. The molecular weight excluding hydrogens is 198 g/mol. The van der Waals surface area contributed by atoms with Crippen molar-refractivity contribution in [2.45, 2.75) is 44.9 Å². The molecular formula is C14H19NO. The zero-order valence-corrected chi connectivity index (χ0v) is 9.86. The van der Waals surface area contributed by atoms with E-state index >= 15 is 0 Å². The lowest BCUT2D eigenvalue weighted by atomic mass is 9.90. The van der Waals surface area contributed by atoms with Crippen molar-refractivity contribution in [3.8, 4) is 0 Å². The third-order valence-corrected chi connectivity index (χ3v) is 3.65. The second kappa shape index (κ2) is 5.24. The molecule has 16 heavy (non-hydrogen) atoms. The molecule has 1 saturated carbocycles. The zero-order valence-electron chi connectivity index (χ0n) is 9.86. The van der Waals surface area contributed by atoms with Gasteiger partial charge < -0.3 is 0 Å². The average Bonchev–Trinajstić information content (AvgIpc) is 2.82. The van der Waals surface area contributed by atoms with E-state index in [0.29, 0.717) is 11.7 Å². The van der Waals surface area contributed by atoms with E-state index in [9.17, 15) is 4.79 Å². The van der Waals surface area contributed by atoms with Crippen LogP contribution in [0.2, 0.25) is 0 Å². The largest absolute Gasteiger partial charge is 0.299 e. The highest BCUT2D eigenvalue weighted by Gasteiger charge is 2.22. The molecule has 86 valence electrons. The van der Waals surface area contributed by atoms with E-state index in [-0.39, 0.29) is 5.92 Å². The molecule has 1 aromatic rings. The number of ketones is 1. The Kier molecular flexibility index (Phi) is 3.70. The van der Waals surface area contributed by atoms with E-state index in [1.165, 1.54) is 25.7 Å². The van der Waals surface area contributed by atoms with Crippen molar-refractivity contribution in [3.63, 3.8) is 0 Å². The number of Topliss-reactive ketones (excluding diaryl/α,β-unsaturated/α-hetero) is 1. The third kappa shape index (κ3) is 2.69. The second-order valence-corrected chi connectivity index (χ2v) is 4.82. The molecule has 2 nitrogen and oxygen atoms in total. The van der Waals surface area contributed by atoms with Gasteiger partial charge in [0.1, 0.15) is 5.78 Å². The highest BCUT2D eigenvalue weighted by molar-refractivity contribution is 5.85. The number of hydrogen-bond acceptors (Lipinski definition) is 2. The fraction of sp³-hybridized carbons (Fsp3) is 0.571. The van der Waals surface area contributed by atoms with Crippen molar-refractivity contribution in [1.29, 1.82) is 0 Å². The summed E-state index contributed by atoms with van der Waals surface area (Å²) in [6, 6.07) is 3.88. The summed E-state index contributed by atoms with van der Waals surface area (Å²) in [5.74, 6) is 1.07. The van der Waals surface area contributed by atoms with Gasteiger partial charge in [0, 0.05) is 24.7 Å². The van der Waals surface area contributed by atoms with Gasteiger partial charge in [0.25, 0.3) is 0 Å². The first kappa shape index (κ1) is 11.3. The monoisotopic (exact) mass is 217 g/mol. The molecule has 1 aromatic heterocycles. The number of rotatable bonds is 4. The Hall–Kier alpha value is -1.18. The van der Waals surface area contributed by atoms with Crippen molar-refractivity contribution in [1.82, 2.24) is 4.98 Å². The van der Waals surface area contributed by atoms with Crippen molar-refractivity contribution in [2.75, 3.05) is 0 Å². The van der Waals surface area contributed by atoms with Crippen molar-refractivity contribution < 1.29 is 4.79 Å². The molecule has 0 spiro atoms. The quantitative estimate of drug-likeness (QED) is 0.774. The van der Waals surface area contributed by atoms with Crippen LogP contribution < -0.4 is 0 Å². The number of pyridine rings is 1. The van der Waals surface area contributed by atoms with Crippen LogP contribution in [0.3, 0.4) is 0 Å². The first-order valence-corrected chi connectivity index (χ1v) is 6.20. The minimum absolute atomic E-state index is 0.0311. The van der Waals surface area contributed by atoms with Gasteiger partial charge in [0.05, 0.1) is 0 Å². The molecule has 0 aromatic carbocycles. The van der Waals surface area contributed by atoms with Gasteiger partial charge in [-0.3, -0.25) is 9.78 Å². The summed E-state index contributed by atoms with van der Waals surface area (Å²) in [5.41, 5.74) is 1.10. The van der Waals surface area contributed by atoms with Gasteiger partial charge in [-0.15, -0.1) is 0 Å². The minimum Gasteiger partial charge on any atom is -0.299 e. The van der Waals surface area contributed by atoms with Crippen LogP contribution in [0, 0.1) is 5.92 Å². The Morgan fingerprint density at radius 2 is 2.00 bits per heavy atom. The second-order valence-electron chi connectivity index (χ2n) is 4.82. The predicted molar refractivity (Wildman–Crippen MR) is 64.2 cm³/mol. The molecule has 0 radical (unpaired) electrons. The molecule has 0 bridgehead atoms. The van der Waals surface area contributed by atoms with Crippen LogP contribution in [0.5, 0.6) is 0 Å². The molecule has 1 fully saturated rings. The SMILES string of the molecule is CC(C(=O)CC1CCCC1)c1ccncc1. The van der Waals surface area contributed by atoms with Crippen LogP contribution in [-0.2, 0) is 4.79 Å². The lowest BCUT2D eigenvalue weighted by Crippen LogP contribution is -2.13. The smallest absolute Gasteiger partial charge is 0.140 e. The molecule has 0 N–H and O–H groups in total. The Bertz CT molecular complexity index is 341. The zero-order chi connectivity index (χ0) is 11.4. The number of carbonyl (C=O) groups is 1. The number of nitrogens with zero attached hydrogens (tertiary/aromatic N) is 1. The highest BCUT2D eigenvalue weighted by Crippen LogP contribution is 2.30. The standard InChI is InChI=1S/C14H19NO/c1-11(13-6-8-15-9-7-13)14(16)10-12-4-2-3-5-12/h6-9,11-12H,2-5,10H2,1H3. The molecule has 1 aliphatic carbocycles. The van der Waals surface area contributed by atoms with Crippen molar-refractivity contribution in [2.24, 2.45) is 5.92 Å². The number of hydrogen-bond donors (Lipinski definition) is 0. The van der Waals surface area contributed by atoms with E-state index in [1.807, 2.05) is 19.1 Å². The molecule has 2 heteroatoms. The Labute approximate surface area is 97.1 Å². The summed E-state index contributed by atoms with van der Waals surface area (Å²) in [7, 11) is 0. The Morgan fingerprint density at radius 1 is 1.38 bits per heavy atom. The van der Waals surface area contributed by atoms with Crippen LogP contribution in [0.15, 0.2) is 24.5 Å². The fourth-order valence-corrected chi connectivity index (χ4v) is 2.51. The first-order chi connectivity index (χ1) is 7.77. The molecule has 1 aliphatic rings. The molecule has 1 heterocycles. The number of carbonyl (C=O) groups excluding carboxylic acids is 1. The van der Waals surface area contributed by atoms with Crippen molar-refractivity contribution >= 4 is 5.78 Å². The average molecular weight is 217 g/mol. The van der Waals surface area contributed by atoms with Crippen LogP contribution >= 0.6 is 0 Å². The van der Waals surface area contributed by atoms with Gasteiger partial charge in [-0.25, -0.2) is 0 Å². The molecule has 1 unspecified atom stereocenters. The van der Waals surface area contributed by atoms with E-state index in [4.69, 9.17) is 0 Å². The molecule has 0 saturated heterocycles. The summed E-state index contributed by atoms with van der Waals surface area (Å²) in [6.07, 6.45) is 9.39. The van der Waals surface area contributed by atoms with Crippen LogP contribution in [0.4, 0.5) is 0 Å². The van der Waals surface area contributed by atoms with Crippen molar-refractivity contribution in [3.05, 3.63) is 30.1 Å². The maximum absolute atomic E-state index is 12.1. The molecule has 0 aliphatic heterocycles. The summed E-state index contributed by atoms with van der Waals surface area (Å²) < 4.78 is 0. The van der Waals surface area contributed by atoms with E-state index < -0.39 is 0 Å². The van der Waals surface area contributed by atoms with Gasteiger partial charge >= 0.3 is 0 Å².